The Kier molecular flexibility index (Phi) is 2.16. The van der Waals surface area contributed by atoms with E-state index >= 15 is 0 Å². The van der Waals surface area contributed by atoms with E-state index in [-0.39, 0.29) is 28.5 Å². The highest BCUT2D eigenvalue weighted by molar-refractivity contribution is 6.03. The average Bonchev–Trinajstić information content (AvgIpc) is 2.43. The first-order valence-corrected chi connectivity index (χ1v) is 6.34. The van der Waals surface area contributed by atoms with E-state index in [1.165, 1.54) is 19.1 Å². The van der Waals surface area contributed by atoms with Crippen LogP contribution in [0.3, 0.4) is 0 Å². The molecular weight excluding hydrogens is 270 g/mol. The first kappa shape index (κ1) is 9.44. The topological polar surface area (TPSA) is 95.0 Å². The van der Waals surface area contributed by atoms with Crippen LogP contribution in [-0.2, 0) is 9.59 Å². The van der Waals surface area contributed by atoms with Crippen molar-refractivity contribution in [2.45, 2.75) is 32.2 Å². The third kappa shape index (κ3) is 2.12. The Morgan fingerprint density at radius 2 is 2.24 bits per heavy atom. The number of nitrogen functional groups attached to an aromatic ring is 1. The molecule has 0 spiro atoms. The number of hydrogen-bond donors (Lipinski definition) is 1. The van der Waals surface area contributed by atoms with Gasteiger partial charge in [-0.05, 0) is 25.4 Å². The average molecular weight is 289 g/mol. The van der Waals surface area contributed by atoms with Gasteiger partial charge in [0.2, 0.25) is 0 Å². The van der Waals surface area contributed by atoms with Crippen molar-refractivity contribution in [2.75, 3.05) is 5.73 Å². The number of hydrogen-bond acceptors (Lipinski definition) is 5. The largest absolute Gasteiger partial charge is 0.398 e. The quantitative estimate of drug-likeness (QED) is 0.627. The molecule has 1 aromatic heterocycles. The number of carbonyl (C=O) groups excluding carboxylic acids is 2. The summed E-state index contributed by atoms with van der Waals surface area (Å²) < 4.78 is 32.9. The van der Waals surface area contributed by atoms with Gasteiger partial charge in [-0.1, -0.05) is 6.04 Å². The van der Waals surface area contributed by atoms with Crippen LogP contribution in [0.25, 0.3) is 10.9 Å². The number of nitrogens with two attached hydrogens (primary N) is 1. The van der Waals surface area contributed by atoms with Gasteiger partial charge in [-0.25, -0.2) is 4.98 Å². The van der Waals surface area contributed by atoms with Crippen molar-refractivity contribution >= 4 is 28.2 Å². The summed E-state index contributed by atoms with van der Waals surface area (Å²) in [6, 6.07) is -0.0101. The highest BCUT2D eigenvalue weighted by atomic mass is 16.2. The number of aromatic nitrogens is 2. The van der Waals surface area contributed by atoms with E-state index in [0.717, 1.165) is 0 Å². The summed E-state index contributed by atoms with van der Waals surface area (Å²) in [6.45, 7) is 1.36. The molecule has 0 saturated heterocycles. The summed E-state index contributed by atoms with van der Waals surface area (Å²) >= 11 is 0. The zero-order valence-electron chi connectivity index (χ0n) is 15.3. The van der Waals surface area contributed by atoms with Gasteiger partial charge in [0.1, 0.15) is 11.6 Å². The van der Waals surface area contributed by atoms with Gasteiger partial charge in [-0.2, -0.15) is 0 Å². The Balaban J connectivity index is 2.41. The Morgan fingerprint density at radius 3 is 2.95 bits per heavy atom. The molecule has 108 valence electrons. The normalized spacial score (nSPS) is 27.9. The summed E-state index contributed by atoms with van der Waals surface area (Å²) in [4.78, 5) is 41.1. The van der Waals surface area contributed by atoms with Crippen LogP contribution in [-0.4, -0.2) is 21.1 Å². The van der Waals surface area contributed by atoms with Crippen LogP contribution in [0.2, 0.25) is 0 Å². The predicted octanol–water partition coefficient (Wildman–Crippen LogP) is 1.15. The lowest BCUT2D eigenvalue weighted by Gasteiger charge is -2.24. The van der Waals surface area contributed by atoms with E-state index in [4.69, 9.17) is 11.2 Å². The molecule has 2 aromatic rings. The molecule has 2 N–H and O–H groups in total. The van der Waals surface area contributed by atoms with Crippen molar-refractivity contribution in [2.24, 2.45) is 0 Å². The number of fused-ring (bicyclic) bond motifs is 1. The molecule has 1 atom stereocenters. The smallest absolute Gasteiger partial charge is 0.264 e. The van der Waals surface area contributed by atoms with Gasteiger partial charge in [-0.3, -0.25) is 19.0 Å². The molecule has 1 saturated carbocycles. The third-order valence-corrected chi connectivity index (χ3v) is 3.32. The van der Waals surface area contributed by atoms with Crippen LogP contribution in [0.4, 0.5) is 5.69 Å². The van der Waals surface area contributed by atoms with E-state index < -0.39 is 42.4 Å². The lowest BCUT2D eigenvalue weighted by Crippen LogP contribution is -2.36. The van der Waals surface area contributed by atoms with Crippen LogP contribution < -0.4 is 11.3 Å². The van der Waals surface area contributed by atoms with Crippen molar-refractivity contribution in [3.63, 3.8) is 0 Å². The van der Waals surface area contributed by atoms with E-state index in [1.54, 1.807) is 0 Å². The minimum Gasteiger partial charge on any atom is -0.398 e. The maximum absolute atomic E-state index is 13.0. The molecule has 0 radical (unpaired) electrons. The van der Waals surface area contributed by atoms with Gasteiger partial charge in [0.15, 0.2) is 5.78 Å². The molecule has 1 fully saturated rings. The number of benzene rings is 1. The number of carbonyl (C=O) groups is 2. The summed E-state index contributed by atoms with van der Waals surface area (Å²) in [5.41, 5.74) is 5.05. The fraction of sp³-hybridized carbons (Fsp3) is 0.333. The SMILES string of the molecule is [2H]c1cc(N)c2c(=O)n(C3([2H])C(=O)CC(=O)CC3([2H])[2H])c(C)nc2c1. The first-order valence-electron chi connectivity index (χ1n) is 8.34. The number of nitrogens with zero attached hydrogens (tertiary/aromatic N) is 2. The van der Waals surface area contributed by atoms with Crippen molar-refractivity contribution in [3.05, 3.63) is 34.4 Å². The standard InChI is InChI=1S/C15H15N3O3/c1-8-17-11-4-2-3-10(16)14(11)15(21)18(8)12-6-5-9(19)7-13(12)20/h2-4,12H,5-7,16H2,1H3/i2D,6D2,12D. The zero-order chi connectivity index (χ0) is 18.7. The second kappa shape index (κ2) is 4.80. The molecule has 1 aromatic carbocycles. The van der Waals surface area contributed by atoms with E-state index in [0.29, 0.717) is 4.57 Å². The Hall–Kier alpha value is -2.50. The molecule has 0 bridgehead atoms. The van der Waals surface area contributed by atoms with Gasteiger partial charge < -0.3 is 5.73 Å². The summed E-state index contributed by atoms with van der Waals surface area (Å²) in [5, 5.41) is -0.0891. The second-order valence-corrected chi connectivity index (χ2v) is 4.81. The van der Waals surface area contributed by atoms with Crippen molar-refractivity contribution in [3.8, 4) is 0 Å². The van der Waals surface area contributed by atoms with Crippen molar-refractivity contribution < 1.29 is 15.1 Å². The number of rotatable bonds is 1. The number of ketones is 2. The summed E-state index contributed by atoms with van der Waals surface area (Å²) in [5.74, 6) is -1.68. The monoisotopic (exact) mass is 289 g/mol. The van der Waals surface area contributed by atoms with Gasteiger partial charge in [-0.15, -0.1) is 0 Å². The number of Topliss-reactive ketones (excluding diaryl/α,β-unsaturated/α-hetero) is 2. The van der Waals surface area contributed by atoms with Gasteiger partial charge >= 0.3 is 0 Å². The van der Waals surface area contributed by atoms with Crippen LogP contribution in [0, 0.1) is 6.92 Å². The van der Waals surface area contributed by atoms with Gasteiger partial charge in [0, 0.05) is 14.8 Å². The minimum absolute atomic E-state index is 0.0442. The molecule has 6 heteroatoms. The van der Waals surface area contributed by atoms with Crippen LogP contribution in [0.5, 0.6) is 0 Å². The molecule has 1 heterocycles. The lowest BCUT2D eigenvalue weighted by atomic mass is 9.92. The number of anilines is 1. The maximum atomic E-state index is 13.0. The molecule has 3 rings (SSSR count). The van der Waals surface area contributed by atoms with Crippen LogP contribution in [0.15, 0.2) is 23.0 Å². The Labute approximate surface area is 126 Å². The molecule has 0 aliphatic heterocycles. The molecule has 6 nitrogen and oxygen atoms in total. The summed E-state index contributed by atoms with van der Waals surface area (Å²) in [7, 11) is 0. The zero-order valence-corrected chi connectivity index (χ0v) is 11.3. The first-order chi connectivity index (χ1) is 11.5. The Morgan fingerprint density at radius 1 is 1.48 bits per heavy atom. The highest BCUT2D eigenvalue weighted by Gasteiger charge is 2.30. The fourth-order valence-corrected chi connectivity index (χ4v) is 2.38. The molecule has 21 heavy (non-hydrogen) atoms. The molecule has 1 unspecified atom stereocenters. The van der Waals surface area contributed by atoms with E-state index in [2.05, 4.69) is 4.98 Å². The minimum atomic E-state index is -2.62. The van der Waals surface area contributed by atoms with Crippen LogP contribution >= 0.6 is 0 Å². The van der Waals surface area contributed by atoms with E-state index in [1.807, 2.05) is 0 Å². The Bertz CT molecular complexity index is 1000. The van der Waals surface area contributed by atoms with Crippen LogP contribution in [0.1, 0.15) is 36.5 Å². The molecule has 1 aliphatic rings. The molecular formula is C15H15N3O3. The van der Waals surface area contributed by atoms with E-state index in [9.17, 15) is 14.4 Å². The van der Waals surface area contributed by atoms with Crippen molar-refractivity contribution in [1.29, 1.82) is 0 Å². The third-order valence-electron chi connectivity index (χ3n) is 3.32. The second-order valence-electron chi connectivity index (χ2n) is 4.81. The molecule has 1 aliphatic carbocycles. The molecule has 0 amide bonds. The fourth-order valence-electron chi connectivity index (χ4n) is 2.38. The predicted molar refractivity (Wildman–Crippen MR) is 78.1 cm³/mol. The van der Waals surface area contributed by atoms with Gasteiger partial charge in [0.25, 0.3) is 5.56 Å². The summed E-state index contributed by atoms with van der Waals surface area (Å²) in [6.07, 6.45) is -3.84. The number of aryl methyl sites for hydroxylation is 1. The van der Waals surface area contributed by atoms with Crippen molar-refractivity contribution in [1.82, 2.24) is 9.55 Å². The maximum Gasteiger partial charge on any atom is 0.264 e. The lowest BCUT2D eigenvalue weighted by molar-refractivity contribution is -0.132. The highest BCUT2D eigenvalue weighted by Crippen LogP contribution is 2.24. The van der Waals surface area contributed by atoms with Gasteiger partial charge in [0.05, 0.1) is 26.1 Å².